The molecule has 0 aromatic heterocycles. The molecule has 0 bridgehead atoms. The summed E-state index contributed by atoms with van der Waals surface area (Å²) in [6.45, 7) is 2.62. The number of aliphatic hydroxyl groups excluding tert-OH is 2. The van der Waals surface area contributed by atoms with Crippen LogP contribution in [-0.4, -0.2) is 95.9 Å². The first-order valence-corrected chi connectivity index (χ1v) is 47.5. The van der Waals surface area contributed by atoms with Crippen LogP contribution in [0.4, 0.5) is 0 Å². The van der Waals surface area contributed by atoms with Crippen molar-refractivity contribution in [3.63, 3.8) is 0 Å². The van der Waals surface area contributed by atoms with Crippen LogP contribution in [0.3, 0.4) is 0 Å². The van der Waals surface area contributed by atoms with Crippen LogP contribution in [0.2, 0.25) is 0 Å². The van der Waals surface area contributed by atoms with Crippen molar-refractivity contribution in [1.82, 2.24) is 0 Å². The largest absolute Gasteiger partial charge is 0.472 e. The molecule has 5 atom stereocenters. The lowest BCUT2D eigenvalue weighted by atomic mass is 10.0. The van der Waals surface area contributed by atoms with Crippen LogP contribution >= 0.6 is 15.6 Å². The predicted octanol–water partition coefficient (Wildman–Crippen LogP) is 27.0. The van der Waals surface area contributed by atoms with Gasteiger partial charge in [-0.15, -0.1) is 0 Å². The van der Waals surface area contributed by atoms with Crippen molar-refractivity contribution in [3.8, 4) is 0 Å². The molecular weight excluding hydrogens is 1430 g/mol. The summed E-state index contributed by atoms with van der Waals surface area (Å²) < 4.78 is 61.4. The SMILES string of the molecule is CCCCC/C=C\C/C=C\C/C=C\C/C=C\CCCCCCCCCCCCCCCCCC(=O)OCC(O)COP(=O)(O)OCC(O)COP(=O)(O)OCC(COC(=O)CCCCCCCCCCC/C=C\C/C=C\C/C=C\C/C=C\CCCCC)OC(=O)CCCCCCCC/C=C\C/C=C\C/C=C\CCCCC. The van der Waals surface area contributed by atoms with Gasteiger partial charge in [0.05, 0.1) is 26.4 Å². The van der Waals surface area contributed by atoms with Gasteiger partial charge in [-0.25, -0.2) is 9.13 Å². The minimum Gasteiger partial charge on any atom is -0.463 e. The monoisotopic (exact) mass is 1600 g/mol. The number of hydrogen-bond acceptors (Lipinski definition) is 14. The summed E-state index contributed by atoms with van der Waals surface area (Å²) in [5, 5.41) is 20.7. The molecule has 16 nitrogen and oxygen atoms in total. The molecule has 0 aliphatic rings. The maximum Gasteiger partial charge on any atom is 0.472 e. The molecular formula is C93H162O16P2. The predicted molar refractivity (Wildman–Crippen MR) is 463 cm³/mol. The third-order valence-electron chi connectivity index (χ3n) is 18.8. The summed E-state index contributed by atoms with van der Waals surface area (Å²) in [4.78, 5) is 58.9. The van der Waals surface area contributed by atoms with Crippen molar-refractivity contribution in [1.29, 1.82) is 0 Å². The first-order chi connectivity index (χ1) is 54.2. The lowest BCUT2D eigenvalue weighted by molar-refractivity contribution is -0.161. The van der Waals surface area contributed by atoms with E-state index in [0.29, 0.717) is 19.3 Å². The van der Waals surface area contributed by atoms with Gasteiger partial charge in [-0.3, -0.25) is 32.5 Å². The summed E-state index contributed by atoms with van der Waals surface area (Å²) in [5.74, 6) is -1.59. The fourth-order valence-electron chi connectivity index (χ4n) is 12.0. The maximum atomic E-state index is 13.0. The van der Waals surface area contributed by atoms with Gasteiger partial charge in [-0.1, -0.05) is 347 Å². The number of phosphoric acid groups is 2. The minimum absolute atomic E-state index is 0.0866. The van der Waals surface area contributed by atoms with E-state index < -0.39 is 91.5 Å². The summed E-state index contributed by atoms with van der Waals surface area (Å²) in [7, 11) is -9.81. The molecule has 0 radical (unpaired) electrons. The Morgan fingerprint density at radius 2 is 0.450 bits per heavy atom. The number of ether oxygens (including phenoxy) is 3. The van der Waals surface area contributed by atoms with Gasteiger partial charge in [0.1, 0.15) is 25.4 Å². The molecule has 0 fully saturated rings. The molecule has 0 spiro atoms. The normalized spacial score (nSPS) is 14.5. The fraction of sp³-hybridized carbons (Fsp3) is 0.731. The molecule has 4 N–H and O–H groups in total. The van der Waals surface area contributed by atoms with E-state index in [1.54, 1.807) is 0 Å². The maximum absolute atomic E-state index is 13.0. The lowest BCUT2D eigenvalue weighted by Gasteiger charge is -2.21. The molecule has 0 aromatic rings. The molecule has 0 saturated heterocycles. The van der Waals surface area contributed by atoms with Gasteiger partial charge in [0, 0.05) is 19.3 Å². The molecule has 0 aromatic carbocycles. The van der Waals surface area contributed by atoms with Crippen molar-refractivity contribution in [3.05, 3.63) is 134 Å². The Labute approximate surface area is 677 Å². The second-order valence-electron chi connectivity index (χ2n) is 29.7. The van der Waals surface area contributed by atoms with Gasteiger partial charge in [-0.05, 0) is 148 Å². The second kappa shape index (κ2) is 85.1. The van der Waals surface area contributed by atoms with Crippen molar-refractivity contribution in [2.45, 2.75) is 399 Å². The lowest BCUT2D eigenvalue weighted by Crippen LogP contribution is -2.30. The molecule has 5 unspecified atom stereocenters. The molecule has 0 aliphatic heterocycles. The van der Waals surface area contributed by atoms with Crippen LogP contribution in [0.25, 0.3) is 0 Å². The standard InChI is InChI=1S/C93H162O16P2/c1-4-7-10-13-16-19-22-25-28-31-34-36-38-40-41-42-43-44-45-47-49-50-53-55-58-61-64-67-70-73-76-79-91(96)103-82-88(94)83-105-110(99,100)106-84-89(95)85-107-111(101,102)108-87-90(109-93(98)81-78-75-72-69-66-63-60-57-52-33-30-27-24-21-18-15-12-9-6-3)86-104-92(97)80-77-74-71-68-65-62-59-56-54-51-48-46-39-37-35-32-29-26-23-20-17-14-11-8-5-2/h16-21,25-30,34-37,40-41,46,48,52,57,88-90,94-95H,4-15,22-24,31-33,38-39,42-45,47,49-51,53-56,58-87H2,1-3H3,(H,99,100)(H,101,102)/b19-16-,20-17-,21-18-,28-25-,29-26-,30-27-,36-34-,37-35-,41-40-,48-46-,57-52-. The van der Waals surface area contributed by atoms with Crippen molar-refractivity contribution in [2.75, 3.05) is 39.6 Å². The first kappa shape index (κ1) is 107. The molecule has 0 rings (SSSR count). The third-order valence-corrected chi connectivity index (χ3v) is 20.7. The van der Waals surface area contributed by atoms with Crippen LogP contribution in [0.1, 0.15) is 380 Å². The van der Waals surface area contributed by atoms with Crippen LogP contribution in [0.5, 0.6) is 0 Å². The highest BCUT2D eigenvalue weighted by molar-refractivity contribution is 7.47. The van der Waals surface area contributed by atoms with E-state index in [0.717, 1.165) is 148 Å². The number of esters is 3. The van der Waals surface area contributed by atoms with E-state index >= 15 is 0 Å². The molecule has 18 heteroatoms. The van der Waals surface area contributed by atoms with E-state index in [4.69, 9.17) is 32.3 Å². The number of allylic oxidation sites excluding steroid dienone is 22. The van der Waals surface area contributed by atoms with E-state index in [1.165, 1.54) is 173 Å². The summed E-state index contributed by atoms with van der Waals surface area (Å²) in [5.41, 5.74) is 0. The highest BCUT2D eigenvalue weighted by Crippen LogP contribution is 2.45. The van der Waals surface area contributed by atoms with Crippen molar-refractivity contribution < 1.29 is 75.8 Å². The molecule has 0 amide bonds. The van der Waals surface area contributed by atoms with Crippen LogP contribution in [-0.2, 0) is 55.8 Å². The highest BCUT2D eigenvalue weighted by atomic mass is 31.2. The smallest absolute Gasteiger partial charge is 0.463 e. The zero-order valence-corrected chi connectivity index (χ0v) is 72.1. The van der Waals surface area contributed by atoms with Crippen LogP contribution in [0.15, 0.2) is 134 Å². The van der Waals surface area contributed by atoms with E-state index in [9.17, 15) is 43.5 Å². The fourth-order valence-corrected chi connectivity index (χ4v) is 13.6. The Balaban J connectivity index is 4.57. The van der Waals surface area contributed by atoms with E-state index in [2.05, 4.69) is 154 Å². The molecule has 0 heterocycles. The van der Waals surface area contributed by atoms with Gasteiger partial charge in [0.15, 0.2) is 6.10 Å². The van der Waals surface area contributed by atoms with Gasteiger partial charge in [-0.2, -0.15) is 0 Å². The number of aliphatic hydroxyl groups is 2. The second-order valence-corrected chi connectivity index (χ2v) is 32.6. The topological polar surface area (TPSA) is 231 Å². The summed E-state index contributed by atoms with van der Waals surface area (Å²) in [6, 6.07) is 0. The summed E-state index contributed by atoms with van der Waals surface area (Å²) >= 11 is 0. The van der Waals surface area contributed by atoms with Crippen molar-refractivity contribution in [2.24, 2.45) is 0 Å². The molecule has 640 valence electrons. The van der Waals surface area contributed by atoms with Gasteiger partial charge < -0.3 is 34.2 Å². The Bertz CT molecular complexity index is 2550. The average molecular weight is 1600 g/mol. The van der Waals surface area contributed by atoms with E-state index in [1.807, 2.05) is 0 Å². The highest BCUT2D eigenvalue weighted by Gasteiger charge is 2.29. The third kappa shape index (κ3) is 86.4. The number of carbonyl (C=O) groups is 3. The number of carbonyl (C=O) groups excluding carboxylic acids is 3. The Morgan fingerprint density at radius 1 is 0.252 bits per heavy atom. The molecule has 0 saturated carbocycles. The molecule has 111 heavy (non-hydrogen) atoms. The van der Waals surface area contributed by atoms with Gasteiger partial charge in [0.25, 0.3) is 0 Å². The number of phosphoric ester groups is 2. The quantitative estimate of drug-likeness (QED) is 0.0146. The minimum atomic E-state index is -4.94. The zero-order chi connectivity index (χ0) is 80.8. The Kier molecular flexibility index (Phi) is 81.8. The first-order valence-electron chi connectivity index (χ1n) is 44.5. The van der Waals surface area contributed by atoms with Crippen molar-refractivity contribution >= 4 is 33.6 Å². The Hall–Kier alpha value is -4.31. The van der Waals surface area contributed by atoms with Crippen LogP contribution in [0, 0.1) is 0 Å². The summed E-state index contributed by atoms with van der Waals surface area (Å²) in [6.07, 6.45) is 105. The number of unbranched alkanes of at least 4 members (excludes halogenated alkanes) is 39. The van der Waals surface area contributed by atoms with Crippen LogP contribution < -0.4 is 0 Å². The number of hydrogen-bond donors (Lipinski definition) is 4. The Morgan fingerprint density at radius 3 is 0.712 bits per heavy atom. The molecule has 0 aliphatic carbocycles. The van der Waals surface area contributed by atoms with Gasteiger partial charge >= 0.3 is 33.6 Å². The average Bonchev–Trinajstić information content (AvgIpc) is 0.895. The van der Waals surface area contributed by atoms with Gasteiger partial charge in [0.2, 0.25) is 0 Å². The van der Waals surface area contributed by atoms with E-state index in [-0.39, 0.29) is 19.3 Å². The zero-order valence-electron chi connectivity index (χ0n) is 70.4. The number of rotatable bonds is 84.